The van der Waals surface area contributed by atoms with Gasteiger partial charge in [-0.05, 0) is 12.2 Å². The van der Waals surface area contributed by atoms with E-state index in [1.165, 1.54) is 14.2 Å². The molecular formula is C11H14O8. The Morgan fingerprint density at radius 1 is 0.947 bits per heavy atom. The molecule has 2 aliphatic rings. The van der Waals surface area contributed by atoms with E-state index in [0.29, 0.717) is 0 Å². The summed E-state index contributed by atoms with van der Waals surface area (Å²) in [7, 11) is 2.42. The van der Waals surface area contributed by atoms with Gasteiger partial charge in [0.05, 0.1) is 14.2 Å². The van der Waals surface area contributed by atoms with Crippen molar-refractivity contribution in [2.45, 2.75) is 24.4 Å². The van der Waals surface area contributed by atoms with Gasteiger partial charge in [0.25, 0.3) is 0 Å². The van der Waals surface area contributed by atoms with Crippen molar-refractivity contribution < 1.29 is 38.0 Å². The second-order valence-electron chi connectivity index (χ2n) is 3.84. The Kier molecular flexibility index (Phi) is 4.23. The van der Waals surface area contributed by atoms with Crippen LogP contribution in [0, 0.1) is 0 Å². The predicted octanol–water partition coefficient (Wildman–Crippen LogP) is 0.601. The lowest BCUT2D eigenvalue weighted by atomic mass is 9.96. The van der Waals surface area contributed by atoms with Crippen LogP contribution < -0.4 is 0 Å². The highest BCUT2D eigenvalue weighted by Gasteiger charge is 2.45. The van der Waals surface area contributed by atoms with Gasteiger partial charge >= 0.3 is 12.3 Å². The molecule has 1 aliphatic carbocycles. The van der Waals surface area contributed by atoms with Gasteiger partial charge in [0.2, 0.25) is 0 Å². The van der Waals surface area contributed by atoms with Gasteiger partial charge in [0.1, 0.15) is 19.0 Å². The van der Waals surface area contributed by atoms with Gasteiger partial charge in [-0.1, -0.05) is 0 Å². The molecule has 0 spiro atoms. The Bertz CT molecular complexity index is 345. The number of rotatable bonds is 2. The van der Waals surface area contributed by atoms with Crippen molar-refractivity contribution in [1.82, 2.24) is 0 Å². The number of carbonyl (C=O) groups excluding carboxylic acids is 2. The molecule has 4 atom stereocenters. The third-order valence-electron chi connectivity index (χ3n) is 2.78. The zero-order chi connectivity index (χ0) is 13.8. The van der Waals surface area contributed by atoms with Gasteiger partial charge in [0.15, 0.2) is 12.2 Å². The standard InChI is InChI=1S/C11H14O8/c1-14-10(12)18-6-3-4-7(19-11(13)15-2)9-8(6)16-5-17-9/h3-4,6-9H,5H2,1-2H3/t6-,7+,8+,9-. The summed E-state index contributed by atoms with van der Waals surface area (Å²) in [6.07, 6.45) is -0.958. The smallest absolute Gasteiger partial charge is 0.438 e. The number of hydrogen-bond acceptors (Lipinski definition) is 8. The van der Waals surface area contributed by atoms with E-state index in [2.05, 4.69) is 9.47 Å². The molecule has 8 heteroatoms. The van der Waals surface area contributed by atoms with Gasteiger partial charge in [-0.3, -0.25) is 0 Å². The van der Waals surface area contributed by atoms with E-state index < -0.39 is 36.7 Å². The van der Waals surface area contributed by atoms with E-state index in [-0.39, 0.29) is 6.79 Å². The van der Waals surface area contributed by atoms with Crippen LogP contribution in [0.25, 0.3) is 0 Å². The molecule has 2 rings (SSSR count). The summed E-state index contributed by atoms with van der Waals surface area (Å²) < 4.78 is 29.5. The van der Waals surface area contributed by atoms with Gasteiger partial charge in [-0.2, -0.15) is 0 Å². The molecule has 0 aromatic rings. The highest BCUT2D eigenvalue weighted by atomic mass is 16.8. The maximum atomic E-state index is 11.1. The Hall–Kier alpha value is -1.80. The Morgan fingerprint density at radius 2 is 1.37 bits per heavy atom. The van der Waals surface area contributed by atoms with Crippen LogP contribution in [0.5, 0.6) is 0 Å². The van der Waals surface area contributed by atoms with E-state index in [0.717, 1.165) is 0 Å². The molecule has 0 amide bonds. The first-order chi connectivity index (χ1) is 9.15. The van der Waals surface area contributed by atoms with Gasteiger partial charge in [0, 0.05) is 0 Å². The minimum atomic E-state index is -0.823. The van der Waals surface area contributed by atoms with E-state index in [4.69, 9.17) is 18.9 Å². The fraction of sp³-hybridized carbons (Fsp3) is 0.636. The molecule has 0 bridgehead atoms. The van der Waals surface area contributed by atoms with Crippen molar-refractivity contribution in [2.24, 2.45) is 0 Å². The lowest BCUT2D eigenvalue weighted by molar-refractivity contribution is -0.0498. The van der Waals surface area contributed by atoms with Crippen LogP contribution in [0.1, 0.15) is 0 Å². The molecule has 1 heterocycles. The molecule has 1 fully saturated rings. The second kappa shape index (κ2) is 5.89. The van der Waals surface area contributed by atoms with Crippen LogP contribution in [-0.4, -0.2) is 57.7 Å². The summed E-state index contributed by atoms with van der Waals surface area (Å²) in [4.78, 5) is 22.2. The van der Waals surface area contributed by atoms with Crippen molar-refractivity contribution in [3.05, 3.63) is 12.2 Å². The number of carbonyl (C=O) groups is 2. The van der Waals surface area contributed by atoms with Crippen LogP contribution >= 0.6 is 0 Å². The molecule has 0 aromatic heterocycles. The topological polar surface area (TPSA) is 89.5 Å². The van der Waals surface area contributed by atoms with Crippen molar-refractivity contribution in [3.63, 3.8) is 0 Å². The third kappa shape index (κ3) is 2.96. The first kappa shape index (κ1) is 13.6. The summed E-state index contributed by atoms with van der Waals surface area (Å²) in [6, 6.07) is 0. The van der Waals surface area contributed by atoms with Crippen molar-refractivity contribution in [2.75, 3.05) is 21.0 Å². The van der Waals surface area contributed by atoms with Crippen molar-refractivity contribution in [1.29, 1.82) is 0 Å². The highest BCUT2D eigenvalue weighted by molar-refractivity contribution is 5.61. The van der Waals surface area contributed by atoms with Crippen molar-refractivity contribution >= 4 is 12.3 Å². The molecule has 8 nitrogen and oxygen atoms in total. The minimum absolute atomic E-state index is 0.0269. The molecular weight excluding hydrogens is 260 g/mol. The minimum Gasteiger partial charge on any atom is -0.438 e. The Morgan fingerprint density at radius 3 is 1.74 bits per heavy atom. The number of hydrogen-bond donors (Lipinski definition) is 0. The highest BCUT2D eigenvalue weighted by Crippen LogP contribution is 2.28. The van der Waals surface area contributed by atoms with Gasteiger partial charge in [-0.15, -0.1) is 0 Å². The SMILES string of the molecule is COC(=O)O[C@H]1C=C[C@@H](OC(=O)OC)[C@@H]2OCO[C@@H]21. The van der Waals surface area contributed by atoms with Crippen LogP contribution in [-0.2, 0) is 28.4 Å². The summed E-state index contributed by atoms with van der Waals surface area (Å²) in [6.45, 7) is 0.0269. The fourth-order valence-corrected chi connectivity index (χ4v) is 1.92. The maximum absolute atomic E-state index is 11.1. The molecule has 0 saturated carbocycles. The van der Waals surface area contributed by atoms with Crippen LogP contribution in [0.15, 0.2) is 12.2 Å². The predicted molar refractivity (Wildman–Crippen MR) is 58.3 cm³/mol. The van der Waals surface area contributed by atoms with Crippen molar-refractivity contribution in [3.8, 4) is 0 Å². The molecule has 0 radical (unpaired) electrons. The zero-order valence-electron chi connectivity index (χ0n) is 10.4. The largest absolute Gasteiger partial charge is 0.508 e. The van der Waals surface area contributed by atoms with E-state index >= 15 is 0 Å². The fourth-order valence-electron chi connectivity index (χ4n) is 1.92. The molecule has 19 heavy (non-hydrogen) atoms. The molecule has 1 saturated heterocycles. The van der Waals surface area contributed by atoms with Gasteiger partial charge in [-0.25, -0.2) is 9.59 Å². The lowest BCUT2D eigenvalue weighted by Crippen LogP contribution is -2.47. The van der Waals surface area contributed by atoms with E-state index in [9.17, 15) is 9.59 Å². The van der Waals surface area contributed by atoms with Crippen LogP contribution in [0.4, 0.5) is 9.59 Å². The average Bonchev–Trinajstić information content (AvgIpc) is 2.91. The Labute approximate surface area is 109 Å². The molecule has 0 aromatic carbocycles. The maximum Gasteiger partial charge on any atom is 0.508 e. The van der Waals surface area contributed by atoms with E-state index in [1.807, 2.05) is 0 Å². The first-order valence-corrected chi connectivity index (χ1v) is 5.56. The normalized spacial score (nSPS) is 32.3. The molecule has 0 unspecified atom stereocenters. The average molecular weight is 274 g/mol. The molecule has 0 N–H and O–H groups in total. The molecule has 1 aliphatic heterocycles. The van der Waals surface area contributed by atoms with Gasteiger partial charge < -0.3 is 28.4 Å². The summed E-state index contributed by atoms with van der Waals surface area (Å²) in [5.41, 5.74) is 0. The monoisotopic (exact) mass is 274 g/mol. The quantitative estimate of drug-likeness (QED) is 0.534. The molecule has 106 valence electrons. The lowest BCUT2D eigenvalue weighted by Gasteiger charge is -2.31. The summed E-state index contributed by atoms with van der Waals surface area (Å²) in [5.74, 6) is 0. The summed E-state index contributed by atoms with van der Waals surface area (Å²) in [5, 5.41) is 0. The van der Waals surface area contributed by atoms with Crippen LogP contribution in [0.2, 0.25) is 0 Å². The number of fused-ring (bicyclic) bond motifs is 1. The van der Waals surface area contributed by atoms with Crippen LogP contribution in [0.3, 0.4) is 0 Å². The second-order valence-corrected chi connectivity index (χ2v) is 3.84. The number of ether oxygens (including phenoxy) is 6. The first-order valence-electron chi connectivity index (χ1n) is 5.56. The zero-order valence-corrected chi connectivity index (χ0v) is 10.4. The third-order valence-corrected chi connectivity index (χ3v) is 2.78. The Balaban J connectivity index is 2.05. The van der Waals surface area contributed by atoms with E-state index in [1.54, 1.807) is 12.2 Å². The summed E-state index contributed by atoms with van der Waals surface area (Å²) >= 11 is 0. The number of methoxy groups -OCH3 is 2.